The van der Waals surface area contributed by atoms with E-state index >= 15 is 0 Å². The molecule has 6 heteroatoms. The van der Waals surface area contributed by atoms with Crippen molar-refractivity contribution in [1.29, 1.82) is 0 Å². The number of carboxylic acid groups (broad SMARTS) is 1. The largest absolute Gasteiger partial charge is 0.481 e. The minimum absolute atomic E-state index is 0.0415. The van der Waals surface area contributed by atoms with Gasteiger partial charge in [0.15, 0.2) is 0 Å². The SMILES string of the molecule is CC(C)N1CC(C(=O)O)c2cc(C(F)(F)F)ccc21. The van der Waals surface area contributed by atoms with Crippen molar-refractivity contribution >= 4 is 11.7 Å². The molecule has 1 aromatic carbocycles. The summed E-state index contributed by atoms with van der Waals surface area (Å²) in [5.41, 5.74) is 0.0227. The van der Waals surface area contributed by atoms with Crippen LogP contribution in [0.5, 0.6) is 0 Å². The quantitative estimate of drug-likeness (QED) is 0.900. The highest BCUT2D eigenvalue weighted by Gasteiger charge is 2.38. The van der Waals surface area contributed by atoms with Gasteiger partial charge in [0.1, 0.15) is 5.92 Å². The van der Waals surface area contributed by atoms with Gasteiger partial charge in [-0.05, 0) is 37.6 Å². The smallest absolute Gasteiger partial charge is 0.416 e. The van der Waals surface area contributed by atoms with Gasteiger partial charge in [-0.3, -0.25) is 4.79 Å². The van der Waals surface area contributed by atoms with Gasteiger partial charge in [0.2, 0.25) is 0 Å². The van der Waals surface area contributed by atoms with E-state index in [0.717, 1.165) is 12.1 Å². The van der Waals surface area contributed by atoms with Crippen LogP contribution in [-0.2, 0) is 11.0 Å². The van der Waals surface area contributed by atoms with Gasteiger partial charge in [0.25, 0.3) is 0 Å². The third-order valence-electron chi connectivity index (χ3n) is 3.34. The molecular formula is C13H14F3NO2. The van der Waals surface area contributed by atoms with Crippen LogP contribution < -0.4 is 4.90 Å². The molecule has 1 aliphatic rings. The number of aliphatic carboxylic acids is 1. The van der Waals surface area contributed by atoms with Crippen LogP contribution in [0.1, 0.15) is 30.9 Å². The van der Waals surface area contributed by atoms with Crippen LogP contribution in [0.3, 0.4) is 0 Å². The maximum Gasteiger partial charge on any atom is 0.416 e. The zero-order chi connectivity index (χ0) is 14.4. The van der Waals surface area contributed by atoms with Crippen LogP contribution in [0, 0.1) is 0 Å². The van der Waals surface area contributed by atoms with Crippen molar-refractivity contribution < 1.29 is 23.1 Å². The molecular weight excluding hydrogens is 259 g/mol. The Balaban J connectivity index is 2.52. The molecule has 0 radical (unpaired) electrons. The molecule has 1 atom stereocenters. The summed E-state index contributed by atoms with van der Waals surface area (Å²) >= 11 is 0. The lowest BCUT2D eigenvalue weighted by Crippen LogP contribution is -2.30. The molecule has 104 valence electrons. The summed E-state index contributed by atoms with van der Waals surface area (Å²) in [4.78, 5) is 13.0. The molecule has 2 rings (SSSR count). The summed E-state index contributed by atoms with van der Waals surface area (Å²) in [5.74, 6) is -2.00. The molecule has 1 N–H and O–H groups in total. The van der Waals surface area contributed by atoms with Gasteiger partial charge >= 0.3 is 12.1 Å². The molecule has 0 saturated carbocycles. The number of benzene rings is 1. The maximum atomic E-state index is 12.7. The van der Waals surface area contributed by atoms with Crippen molar-refractivity contribution in [2.75, 3.05) is 11.4 Å². The van der Waals surface area contributed by atoms with E-state index in [1.165, 1.54) is 6.07 Å². The lowest BCUT2D eigenvalue weighted by molar-refractivity contribution is -0.139. The molecule has 0 aromatic heterocycles. The predicted octanol–water partition coefficient (Wildman–Crippen LogP) is 3.10. The van der Waals surface area contributed by atoms with Crippen LogP contribution in [0.25, 0.3) is 0 Å². The van der Waals surface area contributed by atoms with Crippen molar-refractivity contribution in [2.45, 2.75) is 32.0 Å². The van der Waals surface area contributed by atoms with Crippen LogP contribution in [-0.4, -0.2) is 23.7 Å². The molecule has 0 spiro atoms. The van der Waals surface area contributed by atoms with E-state index in [0.29, 0.717) is 5.69 Å². The molecule has 1 aliphatic heterocycles. The number of carboxylic acids is 1. The Labute approximate surface area is 108 Å². The first-order valence-corrected chi connectivity index (χ1v) is 5.92. The van der Waals surface area contributed by atoms with E-state index in [1.54, 1.807) is 0 Å². The molecule has 0 saturated heterocycles. The number of anilines is 1. The lowest BCUT2D eigenvalue weighted by atomic mass is 9.99. The second-order valence-electron chi connectivity index (χ2n) is 4.91. The highest BCUT2D eigenvalue weighted by molar-refractivity contribution is 5.83. The van der Waals surface area contributed by atoms with Crippen LogP contribution in [0.4, 0.5) is 18.9 Å². The zero-order valence-corrected chi connectivity index (χ0v) is 10.5. The van der Waals surface area contributed by atoms with Gasteiger partial charge in [-0.2, -0.15) is 13.2 Å². The van der Waals surface area contributed by atoms with Gasteiger partial charge in [0.05, 0.1) is 5.56 Å². The van der Waals surface area contributed by atoms with Crippen LogP contribution >= 0.6 is 0 Å². The summed E-state index contributed by atoms with van der Waals surface area (Å²) < 4.78 is 38.0. The summed E-state index contributed by atoms with van der Waals surface area (Å²) in [7, 11) is 0. The fraction of sp³-hybridized carbons (Fsp3) is 0.462. The third-order valence-corrected chi connectivity index (χ3v) is 3.34. The van der Waals surface area contributed by atoms with Crippen molar-refractivity contribution in [3.63, 3.8) is 0 Å². The van der Waals surface area contributed by atoms with Crippen LogP contribution in [0.2, 0.25) is 0 Å². The summed E-state index contributed by atoms with van der Waals surface area (Å²) in [5, 5.41) is 9.15. The van der Waals surface area contributed by atoms with Crippen molar-refractivity contribution in [3.05, 3.63) is 29.3 Å². The Morgan fingerprint density at radius 1 is 1.42 bits per heavy atom. The van der Waals surface area contributed by atoms with Gasteiger partial charge in [-0.1, -0.05) is 0 Å². The molecule has 0 amide bonds. The lowest BCUT2D eigenvalue weighted by Gasteiger charge is -2.24. The highest BCUT2D eigenvalue weighted by atomic mass is 19.4. The van der Waals surface area contributed by atoms with E-state index in [4.69, 9.17) is 5.11 Å². The van der Waals surface area contributed by atoms with Gasteiger partial charge in [0, 0.05) is 18.3 Å². The Morgan fingerprint density at radius 3 is 2.53 bits per heavy atom. The van der Waals surface area contributed by atoms with E-state index in [-0.39, 0.29) is 18.2 Å². The van der Waals surface area contributed by atoms with E-state index in [1.807, 2.05) is 18.7 Å². The fourth-order valence-corrected chi connectivity index (χ4v) is 2.37. The molecule has 19 heavy (non-hydrogen) atoms. The second kappa shape index (κ2) is 4.43. The Kier molecular flexibility index (Phi) is 3.20. The van der Waals surface area contributed by atoms with Crippen LogP contribution in [0.15, 0.2) is 18.2 Å². The molecule has 1 aromatic rings. The number of hydrogen-bond acceptors (Lipinski definition) is 2. The summed E-state index contributed by atoms with van der Waals surface area (Å²) in [6.07, 6.45) is -4.46. The second-order valence-corrected chi connectivity index (χ2v) is 4.91. The Morgan fingerprint density at radius 2 is 2.05 bits per heavy atom. The molecule has 0 bridgehead atoms. The number of rotatable bonds is 2. The first-order chi connectivity index (χ1) is 8.71. The van der Waals surface area contributed by atoms with Gasteiger partial charge < -0.3 is 10.0 Å². The highest BCUT2D eigenvalue weighted by Crippen LogP contribution is 2.41. The number of alkyl halides is 3. The van der Waals surface area contributed by atoms with Gasteiger partial charge in [-0.25, -0.2) is 0 Å². The van der Waals surface area contributed by atoms with E-state index in [2.05, 4.69) is 0 Å². The number of fused-ring (bicyclic) bond motifs is 1. The average molecular weight is 273 g/mol. The number of hydrogen-bond donors (Lipinski definition) is 1. The Bertz CT molecular complexity index is 511. The predicted molar refractivity (Wildman–Crippen MR) is 64.3 cm³/mol. The number of halogens is 3. The standard InChI is InChI=1S/C13H14F3NO2/c1-7(2)17-6-10(12(18)19)9-5-8(13(14,15)16)3-4-11(9)17/h3-5,7,10H,6H2,1-2H3,(H,18,19). The fourth-order valence-electron chi connectivity index (χ4n) is 2.37. The molecule has 3 nitrogen and oxygen atoms in total. The summed E-state index contributed by atoms with van der Waals surface area (Å²) in [6, 6.07) is 3.36. The van der Waals surface area contributed by atoms with E-state index < -0.39 is 23.6 Å². The zero-order valence-electron chi connectivity index (χ0n) is 10.5. The first kappa shape index (κ1) is 13.7. The molecule has 0 fully saturated rings. The summed E-state index contributed by atoms with van der Waals surface area (Å²) in [6.45, 7) is 3.97. The third kappa shape index (κ3) is 2.39. The van der Waals surface area contributed by atoms with E-state index in [9.17, 15) is 18.0 Å². The van der Waals surface area contributed by atoms with Gasteiger partial charge in [-0.15, -0.1) is 0 Å². The maximum absolute atomic E-state index is 12.7. The minimum atomic E-state index is -4.46. The average Bonchev–Trinajstić information content (AvgIpc) is 2.66. The number of nitrogens with zero attached hydrogens (tertiary/aromatic N) is 1. The van der Waals surface area contributed by atoms with Crippen molar-refractivity contribution in [3.8, 4) is 0 Å². The normalized spacial score (nSPS) is 18.8. The minimum Gasteiger partial charge on any atom is -0.481 e. The topological polar surface area (TPSA) is 40.5 Å². The first-order valence-electron chi connectivity index (χ1n) is 5.92. The molecule has 1 heterocycles. The molecule has 1 unspecified atom stereocenters. The van der Waals surface area contributed by atoms with Crippen molar-refractivity contribution in [2.24, 2.45) is 0 Å². The number of carbonyl (C=O) groups is 1. The monoisotopic (exact) mass is 273 g/mol. The Hall–Kier alpha value is -1.72. The van der Waals surface area contributed by atoms with Crippen molar-refractivity contribution in [1.82, 2.24) is 0 Å². The molecule has 0 aliphatic carbocycles.